The highest BCUT2D eigenvalue weighted by Gasteiger charge is 2.13. The van der Waals surface area contributed by atoms with Crippen molar-refractivity contribution in [3.63, 3.8) is 0 Å². The summed E-state index contributed by atoms with van der Waals surface area (Å²) in [7, 11) is -3.34. The van der Waals surface area contributed by atoms with Crippen LogP contribution in [0.25, 0.3) is 0 Å². The van der Waals surface area contributed by atoms with Crippen LogP contribution in [0.4, 0.5) is 15.8 Å². The molecule has 0 unspecified atom stereocenters. The van der Waals surface area contributed by atoms with Crippen LogP contribution in [-0.2, 0) is 16.3 Å². The number of anilines is 2. The number of nitrogens with one attached hydrogen (secondary N) is 1. The van der Waals surface area contributed by atoms with Crippen molar-refractivity contribution in [2.24, 2.45) is 0 Å². The fourth-order valence-corrected chi connectivity index (χ4v) is 2.85. The lowest BCUT2D eigenvalue weighted by atomic mass is 10.1. The smallest absolute Gasteiger partial charge is 0.177 e. The average Bonchev–Trinajstić information content (AvgIpc) is 2.41. The van der Waals surface area contributed by atoms with Crippen LogP contribution in [0.2, 0.25) is 0 Å². The van der Waals surface area contributed by atoms with Gasteiger partial charge in [-0.1, -0.05) is 18.2 Å². The van der Waals surface area contributed by atoms with Crippen LogP contribution in [0.5, 0.6) is 0 Å². The van der Waals surface area contributed by atoms with Crippen molar-refractivity contribution < 1.29 is 12.8 Å². The topological polar surface area (TPSA) is 72.2 Å². The summed E-state index contributed by atoms with van der Waals surface area (Å²) in [5.41, 5.74) is 7.67. The van der Waals surface area contributed by atoms with Gasteiger partial charge in [0, 0.05) is 12.8 Å². The summed E-state index contributed by atoms with van der Waals surface area (Å²) in [6.45, 7) is 0.572. The Bertz CT molecular complexity index is 728. The molecule has 3 N–H and O–H groups in total. The molecule has 21 heavy (non-hydrogen) atoms. The van der Waals surface area contributed by atoms with Gasteiger partial charge in [-0.3, -0.25) is 0 Å². The SMILES string of the molecule is CS(=O)(=O)c1cccc(NCCc2ccc(F)cc2)c1N. The van der Waals surface area contributed by atoms with E-state index in [1.54, 1.807) is 24.3 Å². The van der Waals surface area contributed by atoms with Crippen molar-refractivity contribution in [3.05, 3.63) is 53.8 Å². The molecule has 6 heteroatoms. The third-order valence-electron chi connectivity index (χ3n) is 3.11. The fraction of sp³-hybridized carbons (Fsp3) is 0.200. The summed E-state index contributed by atoms with van der Waals surface area (Å²) in [6.07, 6.45) is 1.81. The quantitative estimate of drug-likeness (QED) is 0.832. The lowest BCUT2D eigenvalue weighted by molar-refractivity contribution is 0.602. The van der Waals surface area contributed by atoms with E-state index >= 15 is 0 Å². The van der Waals surface area contributed by atoms with Gasteiger partial charge >= 0.3 is 0 Å². The van der Waals surface area contributed by atoms with E-state index < -0.39 is 9.84 Å². The summed E-state index contributed by atoms with van der Waals surface area (Å²) in [6, 6.07) is 11.1. The number of hydrogen-bond donors (Lipinski definition) is 2. The van der Waals surface area contributed by atoms with Gasteiger partial charge in [-0.05, 0) is 36.2 Å². The molecular weight excluding hydrogens is 291 g/mol. The van der Waals surface area contributed by atoms with Crippen LogP contribution >= 0.6 is 0 Å². The van der Waals surface area contributed by atoms with Crippen LogP contribution in [0.15, 0.2) is 47.4 Å². The van der Waals surface area contributed by atoms with Crippen LogP contribution < -0.4 is 11.1 Å². The van der Waals surface area contributed by atoms with Crippen LogP contribution in [-0.4, -0.2) is 21.2 Å². The third-order valence-corrected chi connectivity index (χ3v) is 4.26. The maximum Gasteiger partial charge on any atom is 0.177 e. The third kappa shape index (κ3) is 3.95. The molecule has 2 rings (SSSR count). The summed E-state index contributed by atoms with van der Waals surface area (Å²) in [5, 5.41) is 3.11. The molecule has 0 aromatic heterocycles. The monoisotopic (exact) mass is 308 g/mol. The molecule has 0 spiro atoms. The first kappa shape index (κ1) is 15.3. The van der Waals surface area contributed by atoms with E-state index in [9.17, 15) is 12.8 Å². The number of rotatable bonds is 5. The first-order chi connectivity index (χ1) is 9.88. The van der Waals surface area contributed by atoms with Gasteiger partial charge in [0.2, 0.25) is 0 Å². The number of halogens is 1. The molecule has 112 valence electrons. The number of nitrogen functional groups attached to an aromatic ring is 1. The van der Waals surface area contributed by atoms with E-state index in [4.69, 9.17) is 5.73 Å². The Kier molecular flexibility index (Phi) is 4.47. The summed E-state index contributed by atoms with van der Waals surface area (Å²) >= 11 is 0. The molecule has 4 nitrogen and oxygen atoms in total. The van der Waals surface area contributed by atoms with Gasteiger partial charge in [-0.25, -0.2) is 12.8 Å². The second-order valence-corrected chi connectivity index (χ2v) is 6.78. The minimum Gasteiger partial charge on any atom is -0.396 e. The molecular formula is C15H17FN2O2S. The molecule has 0 saturated carbocycles. The first-order valence-corrected chi connectivity index (χ1v) is 8.34. The predicted molar refractivity (Wildman–Crippen MR) is 82.6 cm³/mol. The van der Waals surface area contributed by atoms with E-state index in [0.29, 0.717) is 18.7 Å². The highest BCUT2D eigenvalue weighted by atomic mass is 32.2. The first-order valence-electron chi connectivity index (χ1n) is 6.45. The van der Waals surface area contributed by atoms with Gasteiger partial charge < -0.3 is 11.1 Å². The minimum absolute atomic E-state index is 0.120. The summed E-state index contributed by atoms with van der Waals surface area (Å²) in [5.74, 6) is -0.267. The Balaban J connectivity index is 2.05. The van der Waals surface area contributed by atoms with Gasteiger partial charge in [-0.2, -0.15) is 0 Å². The van der Waals surface area contributed by atoms with Crippen molar-refractivity contribution in [1.82, 2.24) is 0 Å². The van der Waals surface area contributed by atoms with Gasteiger partial charge in [-0.15, -0.1) is 0 Å². The Labute approximate surface area is 123 Å². The molecule has 2 aromatic rings. The largest absolute Gasteiger partial charge is 0.396 e. The Morgan fingerprint density at radius 3 is 2.43 bits per heavy atom. The highest BCUT2D eigenvalue weighted by molar-refractivity contribution is 7.90. The van der Waals surface area contributed by atoms with Gasteiger partial charge in [0.1, 0.15) is 5.82 Å². The van der Waals surface area contributed by atoms with E-state index in [2.05, 4.69) is 5.32 Å². The Morgan fingerprint density at radius 2 is 1.81 bits per heavy atom. The lowest BCUT2D eigenvalue weighted by Gasteiger charge is -2.12. The molecule has 0 aliphatic heterocycles. The van der Waals surface area contributed by atoms with E-state index in [1.165, 1.54) is 18.2 Å². The lowest BCUT2D eigenvalue weighted by Crippen LogP contribution is -2.10. The number of nitrogens with two attached hydrogens (primary N) is 1. The standard InChI is InChI=1S/C15H17FN2O2S/c1-21(19,20)14-4-2-3-13(15(14)17)18-10-9-11-5-7-12(16)8-6-11/h2-8,18H,9-10,17H2,1H3. The summed E-state index contributed by atoms with van der Waals surface area (Å²) in [4.78, 5) is 0.120. The van der Waals surface area contributed by atoms with Gasteiger partial charge in [0.05, 0.1) is 16.3 Å². The number of para-hydroxylation sites is 1. The Hall–Kier alpha value is -2.08. The molecule has 0 aliphatic carbocycles. The number of hydrogen-bond acceptors (Lipinski definition) is 4. The van der Waals surface area contributed by atoms with Crippen LogP contribution in [0, 0.1) is 5.82 Å². The van der Waals surface area contributed by atoms with E-state index in [1.807, 2.05) is 0 Å². The maximum absolute atomic E-state index is 12.8. The predicted octanol–water partition coefficient (Wildman–Crippen LogP) is 2.47. The van der Waals surface area contributed by atoms with Crippen LogP contribution in [0.3, 0.4) is 0 Å². The van der Waals surface area contributed by atoms with E-state index in [0.717, 1.165) is 11.8 Å². The van der Waals surface area contributed by atoms with Crippen molar-refractivity contribution in [2.75, 3.05) is 23.9 Å². The molecule has 0 atom stereocenters. The molecule has 0 bridgehead atoms. The van der Waals surface area contributed by atoms with Gasteiger partial charge in [0.25, 0.3) is 0 Å². The zero-order valence-electron chi connectivity index (χ0n) is 11.6. The molecule has 0 fully saturated rings. The molecule has 0 saturated heterocycles. The molecule has 0 amide bonds. The second kappa shape index (κ2) is 6.13. The van der Waals surface area contributed by atoms with Crippen LogP contribution in [0.1, 0.15) is 5.56 Å². The fourth-order valence-electron chi connectivity index (χ4n) is 2.01. The van der Waals surface area contributed by atoms with Crippen molar-refractivity contribution >= 4 is 21.2 Å². The number of benzene rings is 2. The van der Waals surface area contributed by atoms with Crippen molar-refractivity contribution in [1.29, 1.82) is 0 Å². The zero-order chi connectivity index (χ0) is 15.5. The molecule has 0 aliphatic rings. The average molecular weight is 308 g/mol. The van der Waals surface area contributed by atoms with E-state index in [-0.39, 0.29) is 16.4 Å². The molecule has 0 radical (unpaired) electrons. The van der Waals surface area contributed by atoms with Crippen molar-refractivity contribution in [2.45, 2.75) is 11.3 Å². The molecule has 0 heterocycles. The molecule has 2 aromatic carbocycles. The van der Waals surface area contributed by atoms with Gasteiger partial charge in [0.15, 0.2) is 9.84 Å². The maximum atomic E-state index is 12.8. The second-order valence-electron chi connectivity index (χ2n) is 4.79. The normalized spacial score (nSPS) is 11.3. The zero-order valence-corrected chi connectivity index (χ0v) is 12.5. The highest BCUT2D eigenvalue weighted by Crippen LogP contribution is 2.26. The summed E-state index contributed by atoms with van der Waals surface area (Å²) < 4.78 is 36.0. The Morgan fingerprint density at radius 1 is 1.14 bits per heavy atom. The van der Waals surface area contributed by atoms with Crippen molar-refractivity contribution in [3.8, 4) is 0 Å². The number of sulfone groups is 1. The minimum atomic E-state index is -3.34.